The van der Waals surface area contributed by atoms with Gasteiger partial charge in [0.2, 0.25) is 0 Å². The number of rotatable bonds is 3. The van der Waals surface area contributed by atoms with Crippen LogP contribution in [0.1, 0.15) is 84.5 Å². The van der Waals surface area contributed by atoms with Crippen LogP contribution in [-0.4, -0.2) is 64.0 Å². The molecule has 0 aliphatic carbocycles. The third kappa shape index (κ3) is 7.92. The minimum absolute atomic E-state index is 0.0200. The van der Waals surface area contributed by atoms with Crippen molar-refractivity contribution in [2.45, 2.75) is 90.9 Å². The van der Waals surface area contributed by atoms with Crippen molar-refractivity contribution in [1.29, 1.82) is 0 Å². The van der Waals surface area contributed by atoms with Crippen molar-refractivity contribution in [1.82, 2.24) is 14.8 Å². The van der Waals surface area contributed by atoms with Crippen molar-refractivity contribution in [2.75, 3.05) is 19.6 Å². The van der Waals surface area contributed by atoms with Gasteiger partial charge in [0.1, 0.15) is 11.2 Å². The molecule has 3 aliphatic rings. The van der Waals surface area contributed by atoms with E-state index in [9.17, 15) is 9.59 Å². The molecular formula is C40H48N4O4. The van der Waals surface area contributed by atoms with Crippen LogP contribution in [0, 0.1) is 0 Å². The Bertz CT molecular complexity index is 1800. The van der Waals surface area contributed by atoms with E-state index >= 15 is 0 Å². The zero-order chi connectivity index (χ0) is 34.1. The highest BCUT2D eigenvalue weighted by Crippen LogP contribution is 2.36. The average Bonchev–Trinajstić information content (AvgIpc) is 3.85. The number of carbonyl (C=O) groups excluding carboxylic acids is 2. The second-order valence-corrected chi connectivity index (χ2v) is 15.0. The molecule has 7 rings (SSSR count). The summed E-state index contributed by atoms with van der Waals surface area (Å²) in [6.45, 7) is 13.8. The summed E-state index contributed by atoms with van der Waals surface area (Å²) < 4.78 is 10.9. The van der Waals surface area contributed by atoms with Gasteiger partial charge in [-0.05, 0) is 119 Å². The van der Waals surface area contributed by atoms with Gasteiger partial charge < -0.3 is 19.4 Å². The lowest BCUT2D eigenvalue weighted by Crippen LogP contribution is -2.36. The smallest absolute Gasteiger partial charge is 0.410 e. The standard InChI is InChI=1S/C31H31N3O2.C9H17NO2/c1-31(2,3)36-30(35)34-16-4-5-29(34)28-19-25-17-23(12-13-26(25)33-28)20-6-8-21(9-7-20)24-11-10-22-14-15-32-27(22)18-24;1-9(2,3)12-8(11)10-6-4-5-7-10/h6-13,15,17-19,29,33H,4-5,14,16H2,1-3H3;4-7H2,1-3H3. The molecule has 0 spiro atoms. The fraction of sp³-hybridized carbons (Fsp3) is 0.425. The summed E-state index contributed by atoms with van der Waals surface area (Å²) >= 11 is 0. The van der Waals surface area contributed by atoms with Crippen LogP contribution in [0.4, 0.5) is 15.3 Å². The lowest BCUT2D eigenvalue weighted by atomic mass is 9.98. The predicted octanol–water partition coefficient (Wildman–Crippen LogP) is 9.85. The summed E-state index contributed by atoms with van der Waals surface area (Å²) in [5.41, 5.74) is 8.41. The van der Waals surface area contributed by atoms with Crippen molar-refractivity contribution in [3.05, 3.63) is 78.0 Å². The van der Waals surface area contributed by atoms with Crippen LogP contribution >= 0.6 is 0 Å². The van der Waals surface area contributed by atoms with E-state index in [0.29, 0.717) is 0 Å². The Hall–Kier alpha value is -4.59. The van der Waals surface area contributed by atoms with Gasteiger partial charge in [0, 0.05) is 48.9 Å². The number of nitrogens with one attached hydrogen (secondary N) is 1. The van der Waals surface area contributed by atoms with Crippen LogP contribution in [0.25, 0.3) is 33.2 Å². The zero-order valence-corrected chi connectivity index (χ0v) is 29.1. The normalized spacial score (nSPS) is 17.3. The Kier molecular flexibility index (Phi) is 9.37. The first kappa shape index (κ1) is 33.3. The Morgan fingerprint density at radius 3 is 2.00 bits per heavy atom. The first-order valence-corrected chi connectivity index (χ1v) is 17.2. The maximum Gasteiger partial charge on any atom is 0.410 e. The van der Waals surface area contributed by atoms with Gasteiger partial charge in [-0.3, -0.25) is 9.89 Å². The number of nitrogens with zero attached hydrogens (tertiary/aromatic N) is 3. The minimum atomic E-state index is -0.496. The van der Waals surface area contributed by atoms with E-state index in [4.69, 9.17) is 9.47 Å². The second kappa shape index (κ2) is 13.5. The Morgan fingerprint density at radius 2 is 1.33 bits per heavy atom. The van der Waals surface area contributed by atoms with Gasteiger partial charge in [0.05, 0.1) is 11.7 Å². The number of hydrogen-bond donors (Lipinski definition) is 1. The highest BCUT2D eigenvalue weighted by atomic mass is 16.6. The summed E-state index contributed by atoms with van der Waals surface area (Å²) in [5.74, 6) is 0. The molecule has 252 valence electrons. The fourth-order valence-electron chi connectivity index (χ4n) is 6.50. The molecule has 3 aliphatic heterocycles. The number of H-pyrrole nitrogens is 1. The summed E-state index contributed by atoms with van der Waals surface area (Å²) in [5, 5.41) is 1.15. The topological polar surface area (TPSA) is 87.2 Å². The van der Waals surface area contributed by atoms with Gasteiger partial charge in [0.25, 0.3) is 0 Å². The number of benzene rings is 3. The number of likely N-dealkylation sites (tertiary alicyclic amines) is 2. The van der Waals surface area contributed by atoms with E-state index in [1.165, 1.54) is 27.8 Å². The Balaban J connectivity index is 0.000000284. The number of hydrogen-bond acceptors (Lipinski definition) is 5. The molecule has 3 aromatic carbocycles. The molecule has 1 unspecified atom stereocenters. The number of amides is 2. The van der Waals surface area contributed by atoms with Gasteiger partial charge in [-0.2, -0.15) is 0 Å². The SMILES string of the molecule is CC(C)(C)OC(=O)N1CCCC1.CC(C)(C)OC(=O)N1CCCC1c1cc2cc(-c3ccc(-c4ccc5c(c4)N=CC5)cc3)ccc2[nH]1. The number of aliphatic imine (C=N–C) groups is 1. The van der Waals surface area contributed by atoms with E-state index in [0.717, 1.165) is 74.0 Å². The lowest BCUT2D eigenvalue weighted by molar-refractivity contribution is 0.0220. The highest BCUT2D eigenvalue weighted by molar-refractivity contribution is 5.87. The quantitative estimate of drug-likeness (QED) is 0.240. The Morgan fingerprint density at radius 1 is 0.729 bits per heavy atom. The van der Waals surface area contributed by atoms with Crippen molar-refractivity contribution >= 4 is 35.0 Å². The summed E-state index contributed by atoms with van der Waals surface area (Å²) in [6, 6.07) is 24.0. The molecule has 4 aromatic rings. The molecule has 8 heteroatoms. The average molecular weight is 649 g/mol. The van der Waals surface area contributed by atoms with Gasteiger partial charge in [-0.25, -0.2) is 9.59 Å². The van der Waals surface area contributed by atoms with Crippen LogP contribution in [0.5, 0.6) is 0 Å². The number of carbonyl (C=O) groups is 2. The van der Waals surface area contributed by atoms with Crippen LogP contribution in [0.15, 0.2) is 71.7 Å². The van der Waals surface area contributed by atoms with E-state index in [-0.39, 0.29) is 23.8 Å². The summed E-state index contributed by atoms with van der Waals surface area (Å²) in [4.78, 5) is 35.8. The van der Waals surface area contributed by atoms with Crippen LogP contribution in [-0.2, 0) is 15.9 Å². The number of fused-ring (bicyclic) bond motifs is 2. The molecule has 0 saturated carbocycles. The highest BCUT2D eigenvalue weighted by Gasteiger charge is 2.34. The van der Waals surface area contributed by atoms with E-state index in [1.807, 2.05) is 52.7 Å². The molecule has 8 nitrogen and oxygen atoms in total. The molecule has 1 N–H and O–H groups in total. The minimum Gasteiger partial charge on any atom is -0.444 e. The molecule has 2 saturated heterocycles. The van der Waals surface area contributed by atoms with Crippen LogP contribution in [0.2, 0.25) is 0 Å². The maximum absolute atomic E-state index is 12.8. The molecule has 2 amide bonds. The van der Waals surface area contributed by atoms with E-state index in [1.54, 1.807) is 4.90 Å². The third-order valence-corrected chi connectivity index (χ3v) is 8.82. The molecule has 1 atom stereocenters. The van der Waals surface area contributed by atoms with Crippen molar-refractivity contribution in [3.8, 4) is 22.3 Å². The van der Waals surface area contributed by atoms with Gasteiger partial charge in [-0.1, -0.05) is 42.5 Å². The molecule has 2 fully saturated rings. The number of aromatic amines is 1. The van der Waals surface area contributed by atoms with Crippen LogP contribution < -0.4 is 0 Å². The van der Waals surface area contributed by atoms with Gasteiger partial charge in [-0.15, -0.1) is 0 Å². The number of aromatic nitrogens is 1. The summed E-state index contributed by atoms with van der Waals surface area (Å²) in [6.07, 6.45) is 6.64. The lowest BCUT2D eigenvalue weighted by Gasteiger charge is -2.28. The molecule has 4 heterocycles. The molecule has 0 radical (unpaired) electrons. The van der Waals surface area contributed by atoms with E-state index in [2.05, 4.69) is 76.7 Å². The predicted molar refractivity (Wildman–Crippen MR) is 193 cm³/mol. The van der Waals surface area contributed by atoms with Crippen molar-refractivity contribution in [3.63, 3.8) is 0 Å². The van der Waals surface area contributed by atoms with Gasteiger partial charge in [0.15, 0.2) is 0 Å². The van der Waals surface area contributed by atoms with Gasteiger partial charge >= 0.3 is 12.2 Å². The molecule has 1 aromatic heterocycles. The fourth-order valence-corrected chi connectivity index (χ4v) is 6.50. The van der Waals surface area contributed by atoms with E-state index < -0.39 is 5.60 Å². The van der Waals surface area contributed by atoms with Crippen molar-refractivity contribution in [2.24, 2.45) is 4.99 Å². The molecule has 0 bridgehead atoms. The number of ether oxygens (including phenoxy) is 2. The Labute approximate surface area is 284 Å². The first-order valence-electron chi connectivity index (χ1n) is 17.2. The monoisotopic (exact) mass is 648 g/mol. The zero-order valence-electron chi connectivity index (χ0n) is 29.1. The molecular weight excluding hydrogens is 600 g/mol. The first-order chi connectivity index (χ1) is 22.8. The van der Waals surface area contributed by atoms with Crippen LogP contribution in [0.3, 0.4) is 0 Å². The summed E-state index contributed by atoms with van der Waals surface area (Å²) in [7, 11) is 0. The van der Waals surface area contributed by atoms with Crippen molar-refractivity contribution < 1.29 is 19.1 Å². The second-order valence-electron chi connectivity index (χ2n) is 15.0. The molecule has 48 heavy (non-hydrogen) atoms. The maximum atomic E-state index is 12.8. The third-order valence-electron chi connectivity index (χ3n) is 8.82. The largest absolute Gasteiger partial charge is 0.444 e.